The topological polar surface area (TPSA) is 38.5 Å². The lowest BCUT2D eigenvalue weighted by atomic mass is 10.1. The van der Waals surface area contributed by atoms with Gasteiger partial charge in [0.05, 0.1) is 5.60 Å². The number of benzene rings is 1. The third-order valence-electron chi connectivity index (χ3n) is 4.87. The summed E-state index contributed by atoms with van der Waals surface area (Å²) in [6, 6.07) is 7.04. The van der Waals surface area contributed by atoms with Gasteiger partial charge in [0.2, 0.25) is 0 Å². The van der Waals surface area contributed by atoms with Crippen LogP contribution in [0.1, 0.15) is 44.2 Å². The van der Waals surface area contributed by atoms with E-state index in [1.54, 1.807) is 0 Å². The first-order valence-electron chi connectivity index (χ1n) is 8.37. The van der Waals surface area contributed by atoms with Crippen molar-refractivity contribution >= 4 is 12.0 Å². The van der Waals surface area contributed by atoms with Crippen LogP contribution in [0, 0.1) is 13.8 Å². The normalized spacial score (nSPS) is 25.0. The lowest BCUT2D eigenvalue weighted by Gasteiger charge is -2.29. The van der Waals surface area contributed by atoms with Crippen LogP contribution in [0.15, 0.2) is 34.9 Å². The summed E-state index contributed by atoms with van der Waals surface area (Å²) in [5.74, 6) is 0. The molecule has 1 aliphatic carbocycles. The third-order valence-corrected chi connectivity index (χ3v) is 5.97. The minimum atomic E-state index is -0.0667. The molecule has 0 radical (unpaired) electrons. The summed E-state index contributed by atoms with van der Waals surface area (Å²) in [5, 5.41) is 0. The number of allylic oxidation sites excluding steroid dienone is 1. The quantitative estimate of drug-likeness (QED) is 0.781. The van der Waals surface area contributed by atoms with E-state index < -0.39 is 0 Å². The number of hydrogen-bond acceptors (Lipinski definition) is 4. The Balaban J connectivity index is 1.96. The Morgan fingerprint density at radius 1 is 1.48 bits per heavy atom. The van der Waals surface area contributed by atoms with Crippen LogP contribution >= 0.6 is 12.0 Å². The van der Waals surface area contributed by atoms with Crippen LogP contribution in [0.4, 0.5) is 0 Å². The number of nitrogens with zero attached hydrogens (tertiary/aromatic N) is 1. The summed E-state index contributed by atoms with van der Waals surface area (Å²) < 4.78 is 6.28. The van der Waals surface area contributed by atoms with Crippen LogP contribution in [0.2, 0.25) is 0 Å². The average molecular weight is 335 g/mol. The van der Waals surface area contributed by atoms with Gasteiger partial charge in [0.25, 0.3) is 0 Å². The molecule has 0 spiro atoms. The Hall–Kier alpha value is -0.970. The molecule has 3 nitrogen and oxygen atoms in total. The second-order valence-electron chi connectivity index (χ2n) is 6.97. The zero-order valence-electron chi connectivity index (χ0n) is 15.1. The molecule has 1 aliphatic rings. The highest BCUT2D eigenvalue weighted by Gasteiger charge is 2.38. The maximum Gasteiger partial charge on any atom is 0.0826 e. The van der Waals surface area contributed by atoms with Gasteiger partial charge in [-0.15, -0.1) is 0 Å². The molecule has 0 bridgehead atoms. The number of rotatable bonds is 6. The second-order valence-corrected chi connectivity index (χ2v) is 7.75. The van der Waals surface area contributed by atoms with Gasteiger partial charge in [-0.3, -0.25) is 0 Å². The first-order valence-corrected chi connectivity index (χ1v) is 9.11. The first-order chi connectivity index (χ1) is 10.8. The van der Waals surface area contributed by atoms with Crippen molar-refractivity contribution in [2.75, 3.05) is 13.6 Å². The Morgan fingerprint density at radius 3 is 2.91 bits per heavy atom. The average Bonchev–Trinajstić information content (AvgIpc) is 2.90. The van der Waals surface area contributed by atoms with Crippen LogP contribution < -0.4 is 5.73 Å². The number of hydrogen-bond donors (Lipinski definition) is 1. The highest BCUT2D eigenvalue weighted by molar-refractivity contribution is 7.94. The Bertz CT molecular complexity index is 572. The van der Waals surface area contributed by atoms with Gasteiger partial charge >= 0.3 is 0 Å². The Kier molecular flexibility index (Phi) is 6.18. The number of nitrogens with two attached hydrogens (primary N) is 1. The van der Waals surface area contributed by atoms with Gasteiger partial charge in [-0.25, -0.2) is 0 Å². The molecular weight excluding hydrogens is 304 g/mol. The first kappa shape index (κ1) is 18.4. The molecule has 0 aliphatic heterocycles. The maximum atomic E-state index is 6.28. The molecular formula is C19H30N2OS. The second kappa shape index (κ2) is 7.73. The van der Waals surface area contributed by atoms with E-state index >= 15 is 0 Å². The van der Waals surface area contributed by atoms with E-state index in [4.69, 9.17) is 9.92 Å². The van der Waals surface area contributed by atoms with Gasteiger partial charge in [0, 0.05) is 42.3 Å². The van der Waals surface area contributed by atoms with Crippen molar-refractivity contribution in [2.24, 2.45) is 5.73 Å². The molecule has 2 N–H and O–H groups in total. The van der Waals surface area contributed by atoms with Crippen LogP contribution in [0.25, 0.3) is 0 Å². The van der Waals surface area contributed by atoms with Crippen molar-refractivity contribution in [1.29, 1.82) is 0 Å². The molecule has 1 aromatic rings. The van der Waals surface area contributed by atoms with E-state index in [-0.39, 0.29) is 5.60 Å². The molecule has 128 valence electrons. The van der Waals surface area contributed by atoms with E-state index in [2.05, 4.69) is 63.9 Å². The fourth-order valence-corrected chi connectivity index (χ4v) is 4.00. The summed E-state index contributed by atoms with van der Waals surface area (Å²) in [6.07, 6.45) is 5.39. The zero-order chi connectivity index (χ0) is 17.0. The smallest absolute Gasteiger partial charge is 0.0826 e. The fraction of sp³-hybridized carbons (Fsp3) is 0.579. The zero-order valence-corrected chi connectivity index (χ0v) is 15.9. The molecule has 0 amide bonds. The van der Waals surface area contributed by atoms with E-state index in [9.17, 15) is 0 Å². The third kappa shape index (κ3) is 4.75. The SMILES string of the molecule is C/C(=C\CN)N(C)C1CCC(C)(OSc2cc(C)ccc2C)C1. The van der Waals surface area contributed by atoms with Crippen molar-refractivity contribution in [1.82, 2.24) is 4.90 Å². The van der Waals surface area contributed by atoms with E-state index in [1.165, 1.54) is 33.8 Å². The predicted octanol–water partition coefficient (Wildman–Crippen LogP) is 4.43. The molecule has 4 heteroatoms. The maximum absolute atomic E-state index is 6.28. The number of aryl methyl sites for hydroxylation is 2. The standard InChI is InChI=1S/C19H30N2OS/c1-14-6-7-15(2)18(12-14)23-22-19(4)10-8-17(13-19)21(5)16(3)9-11-20/h6-7,9,12,17H,8,10-11,13,20H2,1-5H3/b16-9+. The van der Waals surface area contributed by atoms with Crippen LogP contribution in [-0.2, 0) is 4.18 Å². The lowest BCUT2D eigenvalue weighted by Crippen LogP contribution is -2.31. The van der Waals surface area contributed by atoms with Gasteiger partial charge in [-0.2, -0.15) is 0 Å². The summed E-state index contributed by atoms with van der Waals surface area (Å²) in [7, 11) is 2.16. The molecule has 2 unspecified atom stereocenters. The Labute approximate surface area is 145 Å². The monoisotopic (exact) mass is 334 g/mol. The van der Waals surface area contributed by atoms with E-state index in [1.807, 2.05) is 0 Å². The van der Waals surface area contributed by atoms with E-state index in [0.717, 1.165) is 19.3 Å². The summed E-state index contributed by atoms with van der Waals surface area (Å²) >= 11 is 1.54. The lowest BCUT2D eigenvalue weighted by molar-refractivity contribution is 0.116. The van der Waals surface area contributed by atoms with Crippen molar-refractivity contribution in [3.05, 3.63) is 41.1 Å². The highest BCUT2D eigenvalue weighted by Crippen LogP contribution is 2.41. The summed E-state index contributed by atoms with van der Waals surface area (Å²) in [4.78, 5) is 3.58. The van der Waals surface area contributed by atoms with Crippen molar-refractivity contribution in [3.63, 3.8) is 0 Å². The van der Waals surface area contributed by atoms with Crippen LogP contribution in [0.3, 0.4) is 0 Å². The van der Waals surface area contributed by atoms with Crippen molar-refractivity contribution in [3.8, 4) is 0 Å². The highest BCUT2D eigenvalue weighted by atomic mass is 32.2. The molecule has 2 rings (SSSR count). The summed E-state index contributed by atoms with van der Waals surface area (Å²) in [5.41, 5.74) is 9.37. The van der Waals surface area contributed by atoms with Gasteiger partial charge in [-0.1, -0.05) is 18.2 Å². The van der Waals surface area contributed by atoms with Crippen molar-refractivity contribution < 1.29 is 4.18 Å². The molecule has 1 aromatic carbocycles. The van der Waals surface area contributed by atoms with Crippen molar-refractivity contribution in [2.45, 2.75) is 63.5 Å². The molecule has 0 saturated heterocycles. The van der Waals surface area contributed by atoms with Gasteiger partial charge in [0.15, 0.2) is 0 Å². The Morgan fingerprint density at radius 2 is 2.22 bits per heavy atom. The minimum absolute atomic E-state index is 0.0667. The largest absolute Gasteiger partial charge is 0.375 e. The van der Waals surface area contributed by atoms with Crippen LogP contribution in [0.5, 0.6) is 0 Å². The molecule has 2 atom stereocenters. The molecule has 0 aromatic heterocycles. The molecule has 23 heavy (non-hydrogen) atoms. The fourth-order valence-electron chi connectivity index (χ4n) is 3.13. The van der Waals surface area contributed by atoms with E-state index in [0.29, 0.717) is 12.6 Å². The van der Waals surface area contributed by atoms with Gasteiger partial charge in [-0.05, 0) is 64.2 Å². The van der Waals surface area contributed by atoms with Crippen LogP contribution in [-0.4, -0.2) is 30.1 Å². The summed E-state index contributed by atoms with van der Waals surface area (Å²) in [6.45, 7) is 9.23. The predicted molar refractivity (Wildman–Crippen MR) is 99.5 cm³/mol. The van der Waals surface area contributed by atoms with Gasteiger partial charge < -0.3 is 14.8 Å². The molecule has 1 saturated carbocycles. The minimum Gasteiger partial charge on any atom is -0.375 e. The molecule has 1 fully saturated rings. The molecule has 0 heterocycles. The van der Waals surface area contributed by atoms with Gasteiger partial charge in [0.1, 0.15) is 0 Å².